The summed E-state index contributed by atoms with van der Waals surface area (Å²) in [7, 11) is 0. The van der Waals surface area contributed by atoms with Crippen LogP contribution < -0.4 is 5.32 Å². The van der Waals surface area contributed by atoms with Crippen LogP contribution in [0.25, 0.3) is 0 Å². The van der Waals surface area contributed by atoms with E-state index in [1.54, 1.807) is 19.1 Å². The average Bonchev–Trinajstić information content (AvgIpc) is 2.88. The van der Waals surface area contributed by atoms with Gasteiger partial charge >= 0.3 is 12.0 Å². The van der Waals surface area contributed by atoms with Gasteiger partial charge in [0, 0.05) is 6.54 Å². The highest BCUT2D eigenvalue weighted by atomic mass is 35.5. The van der Waals surface area contributed by atoms with Gasteiger partial charge in [-0.3, -0.25) is 0 Å². The van der Waals surface area contributed by atoms with Gasteiger partial charge in [0.25, 0.3) is 0 Å². The van der Waals surface area contributed by atoms with E-state index in [4.69, 9.17) is 28.3 Å². The van der Waals surface area contributed by atoms with Crippen molar-refractivity contribution < 1.29 is 14.7 Å². The number of carboxylic acids is 1. The third-order valence-electron chi connectivity index (χ3n) is 3.31. The van der Waals surface area contributed by atoms with E-state index in [2.05, 4.69) is 5.32 Å². The maximum absolute atomic E-state index is 12.2. The minimum atomic E-state index is -1.00. The van der Waals surface area contributed by atoms with Crippen LogP contribution in [0.2, 0.25) is 10.0 Å². The van der Waals surface area contributed by atoms with E-state index in [9.17, 15) is 9.59 Å². The molecule has 2 amide bonds. The van der Waals surface area contributed by atoms with Crippen molar-refractivity contribution in [1.29, 1.82) is 0 Å². The molecule has 1 aliphatic rings. The molecule has 7 heteroatoms. The molecule has 0 spiro atoms. The summed E-state index contributed by atoms with van der Waals surface area (Å²) in [5, 5.41) is 12.4. The van der Waals surface area contributed by atoms with Gasteiger partial charge < -0.3 is 15.3 Å². The molecule has 108 valence electrons. The van der Waals surface area contributed by atoms with E-state index in [-0.39, 0.29) is 0 Å². The number of hydrogen-bond donors (Lipinski definition) is 2. The normalized spacial score (nSPS) is 18.1. The number of carboxylic acid groups (broad SMARTS) is 1. The first-order chi connectivity index (χ1) is 9.41. The number of carbonyl (C=O) groups is 2. The largest absolute Gasteiger partial charge is 0.480 e. The first kappa shape index (κ1) is 14.9. The molecule has 0 unspecified atom stereocenters. The zero-order valence-electron chi connectivity index (χ0n) is 10.8. The number of aliphatic carboxylic acids is 1. The van der Waals surface area contributed by atoms with Crippen molar-refractivity contribution in [3.63, 3.8) is 0 Å². The van der Waals surface area contributed by atoms with Gasteiger partial charge in [-0.25, -0.2) is 9.59 Å². The highest BCUT2D eigenvalue weighted by molar-refractivity contribution is 6.40. The number of halogens is 2. The molecule has 0 aliphatic carbocycles. The van der Waals surface area contributed by atoms with Gasteiger partial charge in [0.15, 0.2) is 0 Å². The van der Waals surface area contributed by atoms with Crippen molar-refractivity contribution in [2.45, 2.75) is 25.8 Å². The second-order valence-electron chi connectivity index (χ2n) is 4.67. The first-order valence-corrected chi connectivity index (χ1v) is 6.92. The highest BCUT2D eigenvalue weighted by Crippen LogP contribution is 2.33. The van der Waals surface area contributed by atoms with Crippen LogP contribution in [0.4, 0.5) is 10.5 Å². The van der Waals surface area contributed by atoms with E-state index in [1.807, 2.05) is 0 Å². The molecule has 1 aromatic rings. The number of anilines is 1. The lowest BCUT2D eigenvalue weighted by Crippen LogP contribution is -2.42. The molecule has 0 aromatic heterocycles. The zero-order valence-corrected chi connectivity index (χ0v) is 12.3. The Kier molecular flexibility index (Phi) is 4.40. The summed E-state index contributed by atoms with van der Waals surface area (Å²) in [6.45, 7) is 2.20. The number of amides is 2. The molecular weight excluding hydrogens is 303 g/mol. The fourth-order valence-electron chi connectivity index (χ4n) is 2.22. The molecule has 1 saturated heterocycles. The lowest BCUT2D eigenvalue weighted by molar-refractivity contribution is -0.141. The standard InChI is InChI=1S/C13H14Cl2N2O3/c1-7-4-5-8(14)11(10(7)15)16-13(20)17-6-2-3-9(17)12(18)19/h4-5,9H,2-3,6H2,1H3,(H,16,20)(H,18,19)/t9-/m0/s1. The number of likely N-dealkylation sites (tertiary alicyclic amines) is 1. The van der Waals surface area contributed by atoms with E-state index in [0.29, 0.717) is 35.1 Å². The third kappa shape index (κ3) is 2.83. The molecule has 0 radical (unpaired) electrons. The molecule has 0 bridgehead atoms. The van der Waals surface area contributed by atoms with Gasteiger partial charge in [0.2, 0.25) is 0 Å². The molecule has 1 aliphatic heterocycles. The Morgan fingerprint density at radius 2 is 2.10 bits per heavy atom. The SMILES string of the molecule is Cc1ccc(Cl)c(NC(=O)N2CCC[C@H]2C(=O)O)c1Cl. The Labute approximate surface area is 126 Å². The van der Waals surface area contributed by atoms with Crippen LogP contribution in [0.3, 0.4) is 0 Å². The number of nitrogens with zero attached hydrogens (tertiary/aromatic N) is 1. The molecular formula is C13H14Cl2N2O3. The first-order valence-electron chi connectivity index (χ1n) is 6.17. The van der Waals surface area contributed by atoms with Gasteiger partial charge in [-0.15, -0.1) is 0 Å². The van der Waals surface area contributed by atoms with Gasteiger partial charge in [-0.2, -0.15) is 0 Å². The van der Waals surface area contributed by atoms with Crippen LogP contribution in [-0.4, -0.2) is 34.6 Å². The predicted octanol–water partition coefficient (Wildman–Crippen LogP) is 3.38. The molecule has 20 heavy (non-hydrogen) atoms. The second kappa shape index (κ2) is 5.89. The van der Waals surface area contributed by atoms with Gasteiger partial charge in [0.05, 0.1) is 15.7 Å². The topological polar surface area (TPSA) is 69.6 Å². The summed E-state index contributed by atoms with van der Waals surface area (Å²) in [6.07, 6.45) is 1.12. The van der Waals surface area contributed by atoms with Crippen molar-refractivity contribution in [1.82, 2.24) is 4.90 Å². The quantitative estimate of drug-likeness (QED) is 0.878. The third-order valence-corrected chi connectivity index (χ3v) is 4.12. The van der Waals surface area contributed by atoms with E-state index < -0.39 is 18.0 Å². The zero-order chi connectivity index (χ0) is 14.9. The van der Waals surface area contributed by atoms with Crippen molar-refractivity contribution in [3.8, 4) is 0 Å². The molecule has 2 rings (SSSR count). The van der Waals surface area contributed by atoms with E-state index in [0.717, 1.165) is 5.56 Å². The molecule has 0 saturated carbocycles. The lowest BCUT2D eigenvalue weighted by Gasteiger charge is -2.22. The summed E-state index contributed by atoms with van der Waals surface area (Å²) in [4.78, 5) is 24.6. The van der Waals surface area contributed by atoms with Crippen LogP contribution in [0.15, 0.2) is 12.1 Å². The van der Waals surface area contributed by atoms with Gasteiger partial charge in [-0.05, 0) is 31.4 Å². The molecule has 1 heterocycles. The van der Waals surface area contributed by atoms with Crippen molar-refractivity contribution in [2.24, 2.45) is 0 Å². The van der Waals surface area contributed by atoms with Gasteiger partial charge in [-0.1, -0.05) is 29.3 Å². The Morgan fingerprint density at radius 3 is 2.75 bits per heavy atom. The smallest absolute Gasteiger partial charge is 0.326 e. The summed E-state index contributed by atoms with van der Waals surface area (Å²) in [5.41, 5.74) is 1.09. The van der Waals surface area contributed by atoms with Crippen molar-refractivity contribution in [2.75, 3.05) is 11.9 Å². The highest BCUT2D eigenvalue weighted by Gasteiger charge is 2.34. The molecule has 1 atom stereocenters. The number of carbonyl (C=O) groups excluding carboxylic acids is 1. The van der Waals surface area contributed by atoms with Crippen LogP contribution in [0, 0.1) is 6.92 Å². The fourth-order valence-corrected chi connectivity index (χ4v) is 2.68. The van der Waals surface area contributed by atoms with Crippen LogP contribution in [0.5, 0.6) is 0 Å². The molecule has 2 N–H and O–H groups in total. The summed E-state index contributed by atoms with van der Waals surface area (Å²) in [6, 6.07) is 2.09. The number of urea groups is 1. The fraction of sp³-hybridized carbons (Fsp3) is 0.385. The lowest BCUT2D eigenvalue weighted by atomic mass is 10.2. The predicted molar refractivity (Wildman–Crippen MR) is 77.6 cm³/mol. The average molecular weight is 317 g/mol. The van der Waals surface area contributed by atoms with E-state index >= 15 is 0 Å². The Bertz CT molecular complexity index is 563. The summed E-state index contributed by atoms with van der Waals surface area (Å²) < 4.78 is 0. The maximum Gasteiger partial charge on any atom is 0.326 e. The van der Waals surface area contributed by atoms with E-state index in [1.165, 1.54) is 4.90 Å². The Morgan fingerprint density at radius 1 is 1.40 bits per heavy atom. The summed E-state index contributed by atoms with van der Waals surface area (Å²) >= 11 is 12.1. The monoisotopic (exact) mass is 316 g/mol. The maximum atomic E-state index is 12.2. The summed E-state index contributed by atoms with van der Waals surface area (Å²) in [5.74, 6) is -1.00. The Balaban J connectivity index is 2.20. The van der Waals surface area contributed by atoms with Crippen molar-refractivity contribution >= 4 is 40.9 Å². The number of hydrogen-bond acceptors (Lipinski definition) is 2. The second-order valence-corrected chi connectivity index (χ2v) is 5.46. The minimum absolute atomic E-state index is 0.314. The number of aryl methyl sites for hydroxylation is 1. The molecule has 1 aromatic carbocycles. The van der Waals surface area contributed by atoms with Gasteiger partial charge in [0.1, 0.15) is 6.04 Å². The van der Waals surface area contributed by atoms with Crippen molar-refractivity contribution in [3.05, 3.63) is 27.7 Å². The van der Waals surface area contributed by atoms with Crippen LogP contribution >= 0.6 is 23.2 Å². The number of rotatable bonds is 2. The van der Waals surface area contributed by atoms with Crippen LogP contribution in [0.1, 0.15) is 18.4 Å². The molecule has 5 nitrogen and oxygen atoms in total. The minimum Gasteiger partial charge on any atom is -0.480 e. The number of benzene rings is 1. The van der Waals surface area contributed by atoms with Crippen LogP contribution in [-0.2, 0) is 4.79 Å². The number of nitrogens with one attached hydrogen (secondary N) is 1. The molecule has 1 fully saturated rings. The Hall–Kier alpha value is -1.46.